The summed E-state index contributed by atoms with van der Waals surface area (Å²) in [5.41, 5.74) is -0.482. The molecule has 4 atom stereocenters. The minimum atomic E-state index is -0.844. The fourth-order valence-corrected chi connectivity index (χ4v) is 4.22. The molecule has 0 spiro atoms. The summed E-state index contributed by atoms with van der Waals surface area (Å²) in [5, 5.41) is 12.0. The van der Waals surface area contributed by atoms with Crippen LogP contribution in [-0.4, -0.2) is 23.0 Å². The molecule has 0 heterocycles. The van der Waals surface area contributed by atoms with E-state index in [-0.39, 0.29) is 24.8 Å². The highest BCUT2D eigenvalue weighted by atomic mass is 16.4. The van der Waals surface area contributed by atoms with Crippen molar-refractivity contribution in [1.29, 1.82) is 0 Å². The summed E-state index contributed by atoms with van der Waals surface area (Å²) in [5.74, 6) is 1.45. The van der Waals surface area contributed by atoms with Crippen molar-refractivity contribution in [3.63, 3.8) is 0 Å². The summed E-state index contributed by atoms with van der Waals surface area (Å²) < 4.78 is 0. The highest BCUT2D eigenvalue weighted by molar-refractivity contribution is 5.78. The van der Waals surface area contributed by atoms with Crippen molar-refractivity contribution in [2.45, 2.75) is 65.3 Å². The lowest BCUT2D eigenvalue weighted by Crippen LogP contribution is -2.41. The van der Waals surface area contributed by atoms with Crippen LogP contribution >= 0.6 is 0 Å². The van der Waals surface area contributed by atoms with Gasteiger partial charge in [-0.3, -0.25) is 9.59 Å². The fraction of sp³-hybridized carbons (Fsp3) is 0.875. The van der Waals surface area contributed by atoms with E-state index >= 15 is 0 Å². The van der Waals surface area contributed by atoms with Crippen LogP contribution in [0.3, 0.4) is 0 Å². The van der Waals surface area contributed by atoms with Crippen molar-refractivity contribution in [1.82, 2.24) is 5.32 Å². The standard InChI is InChI=1S/C16H27NO3/c1-10(13-7-11-4-5-12(13)6-11)17-14(18)8-16(2,3)9-15(19)20/h10-13H,4-9H2,1-3H3,(H,17,18)(H,19,20). The number of rotatable bonds is 6. The van der Waals surface area contributed by atoms with Crippen molar-refractivity contribution in [3.8, 4) is 0 Å². The molecule has 0 aromatic carbocycles. The van der Waals surface area contributed by atoms with E-state index in [1.54, 1.807) is 0 Å². The maximum atomic E-state index is 12.1. The van der Waals surface area contributed by atoms with Crippen LogP contribution < -0.4 is 5.32 Å². The largest absolute Gasteiger partial charge is 0.481 e. The molecule has 2 N–H and O–H groups in total. The van der Waals surface area contributed by atoms with Crippen LogP contribution in [0.15, 0.2) is 0 Å². The Morgan fingerprint density at radius 1 is 1.25 bits per heavy atom. The van der Waals surface area contributed by atoms with Gasteiger partial charge < -0.3 is 10.4 Å². The van der Waals surface area contributed by atoms with Crippen LogP contribution in [0.1, 0.15) is 59.3 Å². The van der Waals surface area contributed by atoms with Gasteiger partial charge >= 0.3 is 5.97 Å². The number of carboxylic acid groups (broad SMARTS) is 1. The van der Waals surface area contributed by atoms with Gasteiger partial charge in [0.25, 0.3) is 0 Å². The molecule has 0 aromatic rings. The van der Waals surface area contributed by atoms with Gasteiger partial charge in [-0.2, -0.15) is 0 Å². The lowest BCUT2D eigenvalue weighted by molar-refractivity contribution is -0.139. The fourth-order valence-electron chi connectivity index (χ4n) is 4.22. The van der Waals surface area contributed by atoms with Crippen molar-refractivity contribution in [2.24, 2.45) is 23.2 Å². The minimum absolute atomic E-state index is 0.00785. The highest BCUT2D eigenvalue weighted by Gasteiger charge is 2.42. The smallest absolute Gasteiger partial charge is 0.303 e. The monoisotopic (exact) mass is 281 g/mol. The number of carboxylic acids is 1. The van der Waals surface area contributed by atoms with Gasteiger partial charge in [0.2, 0.25) is 5.91 Å². The molecule has 2 fully saturated rings. The molecule has 114 valence electrons. The molecule has 2 saturated carbocycles. The zero-order valence-corrected chi connectivity index (χ0v) is 12.8. The van der Waals surface area contributed by atoms with E-state index in [4.69, 9.17) is 5.11 Å². The number of fused-ring (bicyclic) bond motifs is 2. The van der Waals surface area contributed by atoms with Crippen LogP contribution in [0.5, 0.6) is 0 Å². The van der Waals surface area contributed by atoms with Gasteiger partial charge in [0, 0.05) is 12.5 Å². The maximum absolute atomic E-state index is 12.1. The third-order valence-corrected chi connectivity index (χ3v) is 5.09. The predicted octanol–water partition coefficient (Wildman–Crippen LogP) is 2.82. The summed E-state index contributed by atoms with van der Waals surface area (Å²) in [7, 11) is 0. The van der Waals surface area contributed by atoms with Crippen LogP contribution in [0.2, 0.25) is 0 Å². The highest BCUT2D eigenvalue weighted by Crippen LogP contribution is 2.49. The van der Waals surface area contributed by atoms with Crippen LogP contribution in [0, 0.1) is 23.2 Å². The molecule has 0 radical (unpaired) electrons. The number of hydrogen-bond acceptors (Lipinski definition) is 2. The Morgan fingerprint density at radius 3 is 2.45 bits per heavy atom. The van der Waals surface area contributed by atoms with Crippen molar-refractivity contribution >= 4 is 11.9 Å². The maximum Gasteiger partial charge on any atom is 0.303 e. The normalized spacial score (nSPS) is 30.2. The van der Waals surface area contributed by atoms with E-state index in [9.17, 15) is 9.59 Å². The Bertz CT molecular complexity index is 391. The Labute approximate surface area is 121 Å². The van der Waals surface area contributed by atoms with Gasteiger partial charge in [-0.15, -0.1) is 0 Å². The molecule has 2 rings (SSSR count). The molecule has 2 aliphatic carbocycles. The molecule has 4 heteroatoms. The topological polar surface area (TPSA) is 66.4 Å². The first-order valence-electron chi connectivity index (χ1n) is 7.78. The summed E-state index contributed by atoms with van der Waals surface area (Å²) >= 11 is 0. The molecular weight excluding hydrogens is 254 g/mol. The molecule has 2 bridgehead atoms. The molecule has 20 heavy (non-hydrogen) atoms. The van der Waals surface area contributed by atoms with E-state index in [1.165, 1.54) is 25.7 Å². The first kappa shape index (κ1) is 15.3. The van der Waals surface area contributed by atoms with Gasteiger partial charge in [-0.25, -0.2) is 0 Å². The molecule has 0 aliphatic heterocycles. The molecule has 2 aliphatic rings. The average molecular weight is 281 g/mol. The SMILES string of the molecule is CC(NC(=O)CC(C)(C)CC(=O)O)C1CC2CCC1C2. The van der Waals surface area contributed by atoms with E-state index in [0.29, 0.717) is 5.92 Å². The summed E-state index contributed by atoms with van der Waals surface area (Å²) in [4.78, 5) is 22.9. The van der Waals surface area contributed by atoms with Gasteiger partial charge in [0.05, 0.1) is 6.42 Å². The van der Waals surface area contributed by atoms with E-state index < -0.39 is 11.4 Å². The number of carbonyl (C=O) groups is 2. The second-order valence-electron chi connectivity index (χ2n) is 7.61. The lowest BCUT2D eigenvalue weighted by Gasteiger charge is -2.30. The van der Waals surface area contributed by atoms with Gasteiger partial charge in [0.15, 0.2) is 0 Å². The number of aliphatic carboxylic acids is 1. The number of nitrogens with one attached hydrogen (secondary N) is 1. The first-order chi connectivity index (χ1) is 9.27. The van der Waals surface area contributed by atoms with Crippen molar-refractivity contribution in [3.05, 3.63) is 0 Å². The Hall–Kier alpha value is -1.06. The Balaban J connectivity index is 1.80. The van der Waals surface area contributed by atoms with Gasteiger partial charge in [-0.1, -0.05) is 20.3 Å². The summed E-state index contributed by atoms with van der Waals surface area (Å²) in [6, 6.07) is 0.221. The van der Waals surface area contributed by atoms with Crippen LogP contribution in [-0.2, 0) is 9.59 Å². The van der Waals surface area contributed by atoms with Crippen molar-refractivity contribution in [2.75, 3.05) is 0 Å². The predicted molar refractivity (Wildman–Crippen MR) is 77.2 cm³/mol. The summed E-state index contributed by atoms with van der Waals surface area (Å²) in [6.45, 7) is 5.78. The molecular formula is C16H27NO3. The average Bonchev–Trinajstić information content (AvgIpc) is 2.86. The lowest BCUT2D eigenvalue weighted by atomic mass is 9.83. The quantitative estimate of drug-likeness (QED) is 0.786. The Morgan fingerprint density at radius 2 is 1.95 bits per heavy atom. The van der Waals surface area contributed by atoms with Crippen molar-refractivity contribution < 1.29 is 14.7 Å². The molecule has 0 aromatic heterocycles. The minimum Gasteiger partial charge on any atom is -0.481 e. The molecule has 4 unspecified atom stereocenters. The summed E-state index contributed by atoms with van der Waals surface area (Å²) in [6.07, 6.45) is 5.60. The van der Waals surface area contributed by atoms with Crippen LogP contribution in [0.4, 0.5) is 0 Å². The second kappa shape index (κ2) is 5.74. The third-order valence-electron chi connectivity index (χ3n) is 5.09. The number of amides is 1. The zero-order valence-electron chi connectivity index (χ0n) is 12.8. The number of hydrogen-bond donors (Lipinski definition) is 2. The van der Waals surface area contributed by atoms with E-state index in [0.717, 1.165) is 11.8 Å². The number of carbonyl (C=O) groups excluding carboxylic acids is 1. The van der Waals surface area contributed by atoms with E-state index in [2.05, 4.69) is 12.2 Å². The Kier molecular flexibility index (Phi) is 4.40. The second-order valence-corrected chi connectivity index (χ2v) is 7.61. The first-order valence-corrected chi connectivity index (χ1v) is 7.78. The zero-order chi connectivity index (χ0) is 14.9. The molecule has 4 nitrogen and oxygen atoms in total. The molecule has 1 amide bonds. The molecule has 0 saturated heterocycles. The van der Waals surface area contributed by atoms with Crippen LogP contribution in [0.25, 0.3) is 0 Å². The van der Waals surface area contributed by atoms with Gasteiger partial charge in [-0.05, 0) is 49.4 Å². The van der Waals surface area contributed by atoms with E-state index in [1.807, 2.05) is 13.8 Å². The van der Waals surface area contributed by atoms with Gasteiger partial charge in [0.1, 0.15) is 0 Å². The third kappa shape index (κ3) is 3.74.